The van der Waals surface area contributed by atoms with Crippen LogP contribution >= 0.6 is 0 Å². The molecular formula is C9H17FN2O. The quantitative estimate of drug-likeness (QED) is 0.675. The molecule has 1 aliphatic heterocycles. The zero-order valence-electron chi connectivity index (χ0n) is 7.98. The van der Waals surface area contributed by atoms with Gasteiger partial charge in [0.1, 0.15) is 6.67 Å². The summed E-state index contributed by atoms with van der Waals surface area (Å²) < 4.78 is 11.8. The van der Waals surface area contributed by atoms with Crippen molar-refractivity contribution in [2.24, 2.45) is 5.92 Å². The minimum absolute atomic E-state index is 0.0166. The van der Waals surface area contributed by atoms with E-state index in [2.05, 4.69) is 17.6 Å². The topological polar surface area (TPSA) is 41.1 Å². The number of rotatable bonds is 3. The second-order valence-corrected chi connectivity index (χ2v) is 3.56. The SMILES string of the molecule is CC1CCC(C(=O)NCCF)CN1. The first-order chi connectivity index (χ1) is 6.24. The molecule has 2 unspecified atom stereocenters. The van der Waals surface area contributed by atoms with E-state index in [0.717, 1.165) is 19.4 Å². The van der Waals surface area contributed by atoms with Crippen LogP contribution in [0.5, 0.6) is 0 Å². The van der Waals surface area contributed by atoms with Crippen molar-refractivity contribution in [1.29, 1.82) is 0 Å². The smallest absolute Gasteiger partial charge is 0.224 e. The van der Waals surface area contributed by atoms with Crippen molar-refractivity contribution < 1.29 is 9.18 Å². The summed E-state index contributed by atoms with van der Waals surface area (Å²) in [4.78, 5) is 11.3. The first-order valence-corrected chi connectivity index (χ1v) is 4.81. The van der Waals surface area contributed by atoms with Crippen LogP contribution in [0.25, 0.3) is 0 Å². The highest BCUT2D eigenvalue weighted by atomic mass is 19.1. The van der Waals surface area contributed by atoms with Crippen LogP contribution in [0.1, 0.15) is 19.8 Å². The molecule has 1 rings (SSSR count). The van der Waals surface area contributed by atoms with Crippen molar-refractivity contribution in [1.82, 2.24) is 10.6 Å². The predicted molar refractivity (Wildman–Crippen MR) is 49.2 cm³/mol. The van der Waals surface area contributed by atoms with Crippen LogP contribution in [-0.4, -0.2) is 31.7 Å². The molecule has 4 heteroatoms. The normalized spacial score (nSPS) is 28.5. The third kappa shape index (κ3) is 3.30. The first kappa shape index (κ1) is 10.4. The molecule has 0 bridgehead atoms. The number of piperidine rings is 1. The molecule has 3 nitrogen and oxygen atoms in total. The Kier molecular flexibility index (Phi) is 4.15. The Morgan fingerprint density at radius 2 is 2.38 bits per heavy atom. The molecule has 1 amide bonds. The third-order valence-electron chi connectivity index (χ3n) is 2.43. The molecule has 1 saturated heterocycles. The molecule has 76 valence electrons. The molecule has 0 saturated carbocycles. The Bertz CT molecular complexity index is 167. The minimum Gasteiger partial charge on any atom is -0.353 e. The van der Waals surface area contributed by atoms with Crippen molar-refractivity contribution >= 4 is 5.91 Å². The second kappa shape index (κ2) is 5.17. The van der Waals surface area contributed by atoms with Gasteiger partial charge >= 0.3 is 0 Å². The Morgan fingerprint density at radius 3 is 2.92 bits per heavy atom. The molecule has 0 aromatic carbocycles. The van der Waals surface area contributed by atoms with Crippen molar-refractivity contribution in [3.8, 4) is 0 Å². The van der Waals surface area contributed by atoms with Crippen LogP contribution in [-0.2, 0) is 4.79 Å². The lowest BCUT2D eigenvalue weighted by atomic mass is 9.95. The van der Waals surface area contributed by atoms with Gasteiger partial charge in [0.25, 0.3) is 0 Å². The molecule has 2 N–H and O–H groups in total. The molecule has 0 spiro atoms. The maximum atomic E-state index is 11.8. The summed E-state index contributed by atoms with van der Waals surface area (Å²) in [6.07, 6.45) is 1.93. The Morgan fingerprint density at radius 1 is 1.62 bits per heavy atom. The fourth-order valence-corrected chi connectivity index (χ4v) is 1.54. The zero-order chi connectivity index (χ0) is 9.68. The maximum absolute atomic E-state index is 11.8. The fourth-order valence-electron chi connectivity index (χ4n) is 1.54. The summed E-state index contributed by atoms with van der Waals surface area (Å²) in [5.74, 6) is 0.0137. The van der Waals surface area contributed by atoms with Crippen LogP contribution in [0.4, 0.5) is 4.39 Å². The van der Waals surface area contributed by atoms with E-state index in [1.807, 2.05) is 0 Å². The van der Waals surface area contributed by atoms with E-state index >= 15 is 0 Å². The number of hydrogen-bond acceptors (Lipinski definition) is 2. The van der Waals surface area contributed by atoms with Gasteiger partial charge < -0.3 is 10.6 Å². The lowest BCUT2D eigenvalue weighted by molar-refractivity contribution is -0.125. The van der Waals surface area contributed by atoms with E-state index in [1.165, 1.54) is 0 Å². The van der Waals surface area contributed by atoms with E-state index in [4.69, 9.17) is 0 Å². The Hall–Kier alpha value is -0.640. The summed E-state index contributed by atoms with van der Waals surface area (Å²) in [6.45, 7) is 2.49. The Balaban J connectivity index is 2.23. The van der Waals surface area contributed by atoms with Crippen molar-refractivity contribution in [3.05, 3.63) is 0 Å². The van der Waals surface area contributed by atoms with E-state index in [0.29, 0.717) is 6.04 Å². The Labute approximate surface area is 78.1 Å². The van der Waals surface area contributed by atoms with Gasteiger partial charge in [0, 0.05) is 19.1 Å². The summed E-state index contributed by atoms with van der Waals surface area (Å²) in [5.41, 5.74) is 0. The van der Waals surface area contributed by atoms with Crippen LogP contribution < -0.4 is 10.6 Å². The van der Waals surface area contributed by atoms with Crippen molar-refractivity contribution in [2.75, 3.05) is 19.8 Å². The van der Waals surface area contributed by atoms with Crippen molar-refractivity contribution in [3.63, 3.8) is 0 Å². The summed E-state index contributed by atoms with van der Waals surface area (Å²) in [7, 11) is 0. The van der Waals surface area contributed by atoms with Gasteiger partial charge in [-0.15, -0.1) is 0 Å². The van der Waals surface area contributed by atoms with Gasteiger partial charge in [-0.3, -0.25) is 4.79 Å². The lowest BCUT2D eigenvalue weighted by Gasteiger charge is -2.26. The monoisotopic (exact) mass is 188 g/mol. The van der Waals surface area contributed by atoms with Gasteiger partial charge in [-0.05, 0) is 19.8 Å². The van der Waals surface area contributed by atoms with Gasteiger partial charge in [-0.1, -0.05) is 0 Å². The number of hydrogen-bond donors (Lipinski definition) is 2. The number of carbonyl (C=O) groups excluding carboxylic acids is 1. The van der Waals surface area contributed by atoms with Gasteiger partial charge in [-0.25, -0.2) is 4.39 Å². The molecule has 1 fully saturated rings. The highest BCUT2D eigenvalue weighted by Crippen LogP contribution is 2.13. The van der Waals surface area contributed by atoms with Crippen LogP contribution in [0.15, 0.2) is 0 Å². The number of alkyl halides is 1. The van der Waals surface area contributed by atoms with Crippen LogP contribution in [0, 0.1) is 5.92 Å². The highest BCUT2D eigenvalue weighted by Gasteiger charge is 2.23. The van der Waals surface area contributed by atoms with E-state index in [1.54, 1.807) is 0 Å². The number of halogens is 1. The average Bonchev–Trinajstić information content (AvgIpc) is 2.15. The lowest BCUT2D eigenvalue weighted by Crippen LogP contribution is -2.44. The molecule has 0 aromatic rings. The predicted octanol–water partition coefficient (Wildman–Crippen LogP) is 0.460. The molecular weight excluding hydrogens is 171 g/mol. The largest absolute Gasteiger partial charge is 0.353 e. The molecule has 0 radical (unpaired) electrons. The molecule has 0 aliphatic carbocycles. The molecule has 2 atom stereocenters. The standard InChI is InChI=1S/C9H17FN2O/c1-7-2-3-8(6-12-7)9(13)11-5-4-10/h7-8,12H,2-6H2,1H3,(H,11,13). The van der Waals surface area contributed by atoms with Gasteiger partial charge in [-0.2, -0.15) is 0 Å². The summed E-state index contributed by atoms with van der Waals surface area (Å²) in [5, 5.41) is 5.80. The number of amides is 1. The maximum Gasteiger partial charge on any atom is 0.224 e. The van der Waals surface area contributed by atoms with E-state index < -0.39 is 6.67 Å². The van der Waals surface area contributed by atoms with Gasteiger partial charge in [0.15, 0.2) is 0 Å². The molecule has 1 aliphatic rings. The molecule has 0 aromatic heterocycles. The third-order valence-corrected chi connectivity index (χ3v) is 2.43. The van der Waals surface area contributed by atoms with Gasteiger partial charge in [0.05, 0.1) is 5.92 Å². The first-order valence-electron chi connectivity index (χ1n) is 4.81. The zero-order valence-corrected chi connectivity index (χ0v) is 7.98. The minimum atomic E-state index is -0.484. The van der Waals surface area contributed by atoms with Gasteiger partial charge in [0.2, 0.25) is 5.91 Å². The van der Waals surface area contributed by atoms with Crippen molar-refractivity contribution in [2.45, 2.75) is 25.8 Å². The summed E-state index contributed by atoms with van der Waals surface area (Å²) >= 11 is 0. The van der Waals surface area contributed by atoms with E-state index in [9.17, 15) is 9.18 Å². The van der Waals surface area contributed by atoms with Crippen LogP contribution in [0.2, 0.25) is 0 Å². The fraction of sp³-hybridized carbons (Fsp3) is 0.889. The number of nitrogens with one attached hydrogen (secondary N) is 2. The molecule has 13 heavy (non-hydrogen) atoms. The van der Waals surface area contributed by atoms with E-state index in [-0.39, 0.29) is 18.4 Å². The van der Waals surface area contributed by atoms with Crippen LogP contribution in [0.3, 0.4) is 0 Å². The second-order valence-electron chi connectivity index (χ2n) is 3.56. The highest BCUT2D eigenvalue weighted by molar-refractivity contribution is 5.78. The number of carbonyl (C=O) groups is 1. The summed E-state index contributed by atoms with van der Waals surface area (Å²) in [6, 6.07) is 0.505. The molecule has 1 heterocycles. The average molecular weight is 188 g/mol.